The van der Waals surface area contributed by atoms with Gasteiger partial charge in [0.05, 0.1) is 6.33 Å². The van der Waals surface area contributed by atoms with E-state index in [0.717, 1.165) is 11.3 Å². The molecule has 92 valence electrons. The molecule has 0 unspecified atom stereocenters. The van der Waals surface area contributed by atoms with Crippen LogP contribution in [0.1, 0.15) is 13.8 Å². The summed E-state index contributed by atoms with van der Waals surface area (Å²) in [6, 6.07) is 0.349. The zero-order valence-corrected chi connectivity index (χ0v) is 10.9. The van der Waals surface area contributed by atoms with Crippen molar-refractivity contribution in [1.82, 2.24) is 19.9 Å². The van der Waals surface area contributed by atoms with Crippen molar-refractivity contribution in [2.45, 2.75) is 19.9 Å². The standard InChI is InChI=1S/C11H18N6/c1-7(2)17(5)11-14-9-8(12-6-13-9)10(15-11)16(3)4/h6-7H,1-5H3,(H,12,13,14,15). The lowest BCUT2D eigenvalue weighted by molar-refractivity contribution is 0.730. The van der Waals surface area contributed by atoms with Crippen molar-refractivity contribution in [2.75, 3.05) is 30.9 Å². The van der Waals surface area contributed by atoms with Gasteiger partial charge in [0.2, 0.25) is 5.95 Å². The monoisotopic (exact) mass is 234 g/mol. The van der Waals surface area contributed by atoms with Crippen LogP contribution in [0.25, 0.3) is 11.2 Å². The molecule has 0 amide bonds. The number of nitrogens with zero attached hydrogens (tertiary/aromatic N) is 5. The van der Waals surface area contributed by atoms with Gasteiger partial charge in [-0.25, -0.2) is 4.98 Å². The van der Waals surface area contributed by atoms with E-state index in [0.29, 0.717) is 17.6 Å². The molecule has 0 bridgehead atoms. The molecular formula is C11H18N6. The van der Waals surface area contributed by atoms with Gasteiger partial charge in [0.15, 0.2) is 11.5 Å². The second kappa shape index (κ2) is 4.20. The molecule has 2 heterocycles. The minimum absolute atomic E-state index is 0.349. The summed E-state index contributed by atoms with van der Waals surface area (Å²) in [6.45, 7) is 4.21. The Morgan fingerprint density at radius 2 is 1.88 bits per heavy atom. The zero-order valence-electron chi connectivity index (χ0n) is 10.9. The van der Waals surface area contributed by atoms with Crippen LogP contribution in [0, 0.1) is 0 Å². The Morgan fingerprint density at radius 1 is 1.18 bits per heavy atom. The molecule has 0 fully saturated rings. The van der Waals surface area contributed by atoms with E-state index in [4.69, 9.17) is 0 Å². The average Bonchev–Trinajstić information content (AvgIpc) is 2.73. The summed E-state index contributed by atoms with van der Waals surface area (Å²) in [5, 5.41) is 0. The lowest BCUT2D eigenvalue weighted by Gasteiger charge is -2.22. The quantitative estimate of drug-likeness (QED) is 0.866. The summed E-state index contributed by atoms with van der Waals surface area (Å²) in [4.78, 5) is 20.3. The molecule has 2 aromatic rings. The van der Waals surface area contributed by atoms with Crippen LogP contribution in [-0.4, -0.2) is 47.1 Å². The average molecular weight is 234 g/mol. The van der Waals surface area contributed by atoms with Gasteiger partial charge >= 0.3 is 0 Å². The highest BCUT2D eigenvalue weighted by molar-refractivity contribution is 5.84. The first kappa shape index (κ1) is 11.6. The van der Waals surface area contributed by atoms with Crippen molar-refractivity contribution in [3.05, 3.63) is 6.33 Å². The largest absolute Gasteiger partial charge is 0.361 e. The molecule has 0 aliphatic carbocycles. The summed E-state index contributed by atoms with van der Waals surface area (Å²) in [6.07, 6.45) is 1.64. The molecule has 1 N–H and O–H groups in total. The fourth-order valence-electron chi connectivity index (χ4n) is 1.52. The maximum absolute atomic E-state index is 4.56. The molecule has 0 aliphatic heterocycles. The summed E-state index contributed by atoms with van der Waals surface area (Å²) in [5.74, 6) is 1.55. The Kier molecular flexibility index (Phi) is 2.87. The number of hydrogen-bond acceptors (Lipinski definition) is 5. The number of aromatic nitrogens is 4. The number of H-pyrrole nitrogens is 1. The molecule has 0 saturated carbocycles. The lowest BCUT2D eigenvalue weighted by Crippen LogP contribution is -2.28. The van der Waals surface area contributed by atoms with E-state index >= 15 is 0 Å². The maximum atomic E-state index is 4.56. The first-order valence-corrected chi connectivity index (χ1v) is 5.62. The van der Waals surface area contributed by atoms with Crippen molar-refractivity contribution >= 4 is 22.9 Å². The van der Waals surface area contributed by atoms with Crippen LogP contribution in [0.3, 0.4) is 0 Å². The van der Waals surface area contributed by atoms with Crippen LogP contribution in [-0.2, 0) is 0 Å². The first-order chi connectivity index (χ1) is 8.00. The molecule has 0 atom stereocenters. The van der Waals surface area contributed by atoms with Gasteiger partial charge in [-0.3, -0.25) is 0 Å². The third kappa shape index (κ3) is 2.02. The molecule has 0 saturated heterocycles. The Balaban J connectivity index is 2.59. The Hall–Kier alpha value is -1.85. The van der Waals surface area contributed by atoms with Crippen LogP contribution >= 0.6 is 0 Å². The molecule has 6 nitrogen and oxygen atoms in total. The molecule has 0 spiro atoms. The van der Waals surface area contributed by atoms with Gasteiger partial charge in [-0.05, 0) is 13.8 Å². The van der Waals surface area contributed by atoms with Crippen LogP contribution < -0.4 is 9.80 Å². The predicted molar refractivity (Wildman–Crippen MR) is 69.5 cm³/mol. The second-order valence-electron chi connectivity index (χ2n) is 4.55. The topological polar surface area (TPSA) is 60.9 Å². The highest BCUT2D eigenvalue weighted by Gasteiger charge is 2.15. The van der Waals surface area contributed by atoms with Gasteiger partial charge in [-0.15, -0.1) is 0 Å². The number of anilines is 2. The highest BCUT2D eigenvalue weighted by Crippen LogP contribution is 2.22. The smallest absolute Gasteiger partial charge is 0.229 e. The molecule has 0 radical (unpaired) electrons. The third-order valence-corrected chi connectivity index (χ3v) is 2.77. The maximum Gasteiger partial charge on any atom is 0.229 e. The number of rotatable bonds is 3. The van der Waals surface area contributed by atoms with E-state index in [1.807, 2.05) is 30.9 Å². The summed E-state index contributed by atoms with van der Waals surface area (Å²) in [5.41, 5.74) is 1.57. The van der Waals surface area contributed by atoms with E-state index in [2.05, 4.69) is 33.8 Å². The minimum atomic E-state index is 0.349. The molecule has 2 aromatic heterocycles. The van der Waals surface area contributed by atoms with Gasteiger partial charge in [-0.2, -0.15) is 9.97 Å². The van der Waals surface area contributed by atoms with E-state index in [9.17, 15) is 0 Å². The number of fused-ring (bicyclic) bond motifs is 1. The van der Waals surface area contributed by atoms with Crippen molar-refractivity contribution in [2.24, 2.45) is 0 Å². The molecule has 6 heteroatoms. The van der Waals surface area contributed by atoms with E-state index in [1.165, 1.54) is 0 Å². The van der Waals surface area contributed by atoms with Crippen LogP contribution in [0.4, 0.5) is 11.8 Å². The first-order valence-electron chi connectivity index (χ1n) is 5.62. The summed E-state index contributed by atoms with van der Waals surface area (Å²) < 4.78 is 0. The van der Waals surface area contributed by atoms with Crippen molar-refractivity contribution in [3.8, 4) is 0 Å². The highest BCUT2D eigenvalue weighted by atomic mass is 15.3. The van der Waals surface area contributed by atoms with E-state index in [-0.39, 0.29) is 0 Å². The van der Waals surface area contributed by atoms with E-state index in [1.54, 1.807) is 6.33 Å². The molecule has 0 aliphatic rings. The third-order valence-electron chi connectivity index (χ3n) is 2.77. The number of aromatic amines is 1. The SMILES string of the molecule is CC(C)N(C)c1nc(N(C)C)c2[nH]cnc2n1. The van der Waals surface area contributed by atoms with Gasteiger partial charge in [0.1, 0.15) is 5.52 Å². The molecule has 17 heavy (non-hydrogen) atoms. The Labute approximate surface area is 101 Å². The van der Waals surface area contributed by atoms with Crippen molar-refractivity contribution < 1.29 is 0 Å². The van der Waals surface area contributed by atoms with Crippen LogP contribution in [0.2, 0.25) is 0 Å². The number of nitrogens with one attached hydrogen (secondary N) is 1. The Bertz CT molecular complexity index is 516. The normalized spacial score (nSPS) is 11.2. The number of hydrogen-bond donors (Lipinski definition) is 1. The zero-order chi connectivity index (χ0) is 12.6. The molecule has 2 rings (SSSR count). The fourth-order valence-corrected chi connectivity index (χ4v) is 1.52. The summed E-state index contributed by atoms with van der Waals surface area (Å²) >= 11 is 0. The van der Waals surface area contributed by atoms with Gasteiger partial charge in [-0.1, -0.05) is 0 Å². The summed E-state index contributed by atoms with van der Waals surface area (Å²) in [7, 11) is 5.90. The second-order valence-corrected chi connectivity index (χ2v) is 4.55. The van der Waals surface area contributed by atoms with Crippen molar-refractivity contribution in [1.29, 1.82) is 0 Å². The van der Waals surface area contributed by atoms with Gasteiger partial charge in [0.25, 0.3) is 0 Å². The van der Waals surface area contributed by atoms with Crippen molar-refractivity contribution in [3.63, 3.8) is 0 Å². The van der Waals surface area contributed by atoms with Crippen LogP contribution in [0.5, 0.6) is 0 Å². The van der Waals surface area contributed by atoms with E-state index < -0.39 is 0 Å². The van der Waals surface area contributed by atoms with Crippen LogP contribution in [0.15, 0.2) is 6.33 Å². The Morgan fingerprint density at radius 3 is 2.47 bits per heavy atom. The fraction of sp³-hybridized carbons (Fsp3) is 0.545. The van der Waals surface area contributed by atoms with Gasteiger partial charge in [0, 0.05) is 27.2 Å². The molecule has 0 aromatic carbocycles. The lowest BCUT2D eigenvalue weighted by atomic mass is 10.3. The van der Waals surface area contributed by atoms with Gasteiger partial charge < -0.3 is 14.8 Å². The minimum Gasteiger partial charge on any atom is -0.361 e. The number of imidazole rings is 1. The predicted octanol–water partition coefficient (Wildman–Crippen LogP) is 1.26. The molecular weight excluding hydrogens is 216 g/mol.